The van der Waals surface area contributed by atoms with Crippen LogP contribution in [0.2, 0.25) is 4.44 Å². The molecule has 13 heteroatoms. The first-order valence-electron chi connectivity index (χ1n) is 32.8. The molecule has 79 heavy (non-hydrogen) atoms. The molecule has 0 unspecified atom stereocenters. The molecule has 0 aliphatic rings. The molecule has 0 N–H and O–H groups in total. The summed E-state index contributed by atoms with van der Waals surface area (Å²) in [6.45, 7) is 9.51. The van der Waals surface area contributed by atoms with Gasteiger partial charge in [0.2, 0.25) is 0 Å². The smallest absolute Gasteiger partial charge is 0.0654 e. The van der Waals surface area contributed by atoms with Gasteiger partial charge in [-0.1, -0.05) is 156 Å². The van der Waals surface area contributed by atoms with Crippen LogP contribution >= 0.6 is 0 Å². The summed E-state index contributed by atoms with van der Waals surface area (Å²) in [7, 11) is 0. The van der Waals surface area contributed by atoms with Crippen LogP contribution in [-0.4, -0.2) is 75.3 Å². The van der Waals surface area contributed by atoms with Gasteiger partial charge < -0.3 is 0 Å². The molecule has 0 aromatic carbocycles. The average Bonchev–Trinajstić information content (AvgIpc) is 3.43. The summed E-state index contributed by atoms with van der Waals surface area (Å²) >= 11 is -5.66. The molecule has 0 radical (unpaired) electrons. The first kappa shape index (κ1) is 75.8. The van der Waals surface area contributed by atoms with Crippen molar-refractivity contribution in [1.82, 2.24) is 0 Å². The van der Waals surface area contributed by atoms with Crippen molar-refractivity contribution in [2.45, 2.75) is 327 Å². The Bertz CT molecular complexity index is 1400. The zero-order valence-electron chi connectivity index (χ0n) is 51.2. The van der Waals surface area contributed by atoms with Crippen molar-refractivity contribution in [3.05, 3.63) is 36.5 Å². The van der Waals surface area contributed by atoms with E-state index in [1.807, 2.05) is 0 Å². The minimum Gasteiger partial charge on any atom is -0.0654 e. The van der Waals surface area contributed by atoms with Gasteiger partial charge in [0.15, 0.2) is 0 Å². The topological polar surface area (TPSA) is 158 Å². The molecule has 0 rings (SSSR count). The molecule has 0 spiro atoms. The minimum atomic E-state index is -5.66. The molecule has 0 heterocycles. The van der Waals surface area contributed by atoms with E-state index < -0.39 is 55.4 Å². The van der Waals surface area contributed by atoms with Crippen LogP contribution in [-0.2, 0) is 52.2 Å². The second kappa shape index (κ2) is 59.5. The molecule has 0 fully saturated rings. The van der Waals surface area contributed by atoms with Gasteiger partial charge in [0.05, 0.1) is 0 Å². The number of hydrogen-bond acceptors (Lipinski definition) is 12. The van der Waals surface area contributed by atoms with Crippen molar-refractivity contribution >= 4 is 55.4 Å². The Kier molecular flexibility index (Phi) is 57.1. The van der Waals surface area contributed by atoms with Crippen molar-refractivity contribution in [1.29, 1.82) is 0 Å². The molecule has 0 amide bonds. The summed E-state index contributed by atoms with van der Waals surface area (Å²) in [5.74, 6) is -5.37. The second-order valence-corrected chi connectivity index (χ2v) is 29.1. The Balaban J connectivity index is 5.72. The Hall–Kier alpha value is -3.16. The van der Waals surface area contributed by atoms with E-state index in [9.17, 15) is 28.8 Å². The molecular formula is C66H118O12Sn. The van der Waals surface area contributed by atoms with Crippen molar-refractivity contribution in [3.63, 3.8) is 0 Å². The monoisotopic (exact) mass is 1220 g/mol. The first-order valence-corrected chi connectivity index (χ1v) is 38.4. The number of esters is 3. The van der Waals surface area contributed by atoms with Crippen molar-refractivity contribution in [2.75, 3.05) is 19.8 Å². The molecule has 0 atom stereocenters. The van der Waals surface area contributed by atoms with E-state index in [1.54, 1.807) is 0 Å². The van der Waals surface area contributed by atoms with Crippen LogP contribution in [0.1, 0.15) is 323 Å². The van der Waals surface area contributed by atoms with Crippen LogP contribution in [0, 0.1) is 0 Å². The molecule has 0 aliphatic carbocycles. The van der Waals surface area contributed by atoms with E-state index in [1.165, 1.54) is 180 Å². The zero-order valence-corrected chi connectivity index (χ0v) is 54.1. The molecule has 0 saturated carbocycles. The number of carbonyl (C=O) groups is 6. The van der Waals surface area contributed by atoms with Gasteiger partial charge in [0, 0.05) is 0 Å². The van der Waals surface area contributed by atoms with Gasteiger partial charge in [-0.05, 0) is 0 Å². The minimum absolute atomic E-state index is 0.0554. The predicted octanol–water partition coefficient (Wildman–Crippen LogP) is 18.9. The van der Waals surface area contributed by atoms with Crippen LogP contribution in [0.5, 0.6) is 0 Å². The molecule has 0 aromatic rings. The van der Waals surface area contributed by atoms with Crippen molar-refractivity contribution < 1.29 is 52.2 Å². The maximum absolute atomic E-state index is 13.5. The predicted molar refractivity (Wildman–Crippen MR) is 324 cm³/mol. The van der Waals surface area contributed by atoms with Crippen LogP contribution in [0.3, 0.4) is 0 Å². The van der Waals surface area contributed by atoms with E-state index in [-0.39, 0.29) is 24.3 Å². The summed E-state index contributed by atoms with van der Waals surface area (Å²) in [5, 5.41) is 0. The molecule has 458 valence electrons. The summed E-state index contributed by atoms with van der Waals surface area (Å²) in [5.41, 5.74) is 0. The van der Waals surface area contributed by atoms with Crippen LogP contribution in [0.15, 0.2) is 36.5 Å². The third-order valence-electron chi connectivity index (χ3n) is 14.4. The van der Waals surface area contributed by atoms with Gasteiger partial charge >= 0.3 is 336 Å². The normalized spacial score (nSPS) is 12.3. The van der Waals surface area contributed by atoms with Gasteiger partial charge in [-0.2, -0.15) is 0 Å². The fraction of sp³-hybridized carbons (Fsp3) is 0.818. The van der Waals surface area contributed by atoms with Gasteiger partial charge in [-0.3, -0.25) is 0 Å². The molecule has 0 bridgehead atoms. The number of hydrogen-bond donors (Lipinski definition) is 0. The summed E-state index contributed by atoms with van der Waals surface area (Å²) < 4.78 is 33.5. The summed E-state index contributed by atoms with van der Waals surface area (Å²) in [6, 6.07) is 0. The van der Waals surface area contributed by atoms with E-state index in [4.69, 9.17) is 23.4 Å². The second-order valence-electron chi connectivity index (χ2n) is 22.0. The fourth-order valence-corrected chi connectivity index (χ4v) is 15.9. The molecule has 12 nitrogen and oxygen atoms in total. The Morgan fingerprint density at radius 3 is 0.595 bits per heavy atom. The number of unbranched alkanes of at least 4 members (excludes halogenated alkanes) is 42. The third kappa shape index (κ3) is 55.2. The van der Waals surface area contributed by atoms with E-state index in [2.05, 4.69) is 27.7 Å². The Morgan fingerprint density at radius 2 is 0.392 bits per heavy atom. The van der Waals surface area contributed by atoms with Crippen molar-refractivity contribution in [2.24, 2.45) is 0 Å². The zero-order chi connectivity index (χ0) is 57.8. The Labute approximate surface area is 488 Å². The maximum atomic E-state index is 13.5. The summed E-state index contributed by atoms with van der Waals surface area (Å²) in [4.78, 5) is 78.6. The van der Waals surface area contributed by atoms with Crippen LogP contribution in [0.25, 0.3) is 0 Å². The number of rotatable bonds is 59. The van der Waals surface area contributed by atoms with Gasteiger partial charge in [0.25, 0.3) is 0 Å². The van der Waals surface area contributed by atoms with Gasteiger partial charge in [0.1, 0.15) is 0 Å². The molecular weight excluding hydrogens is 1100 g/mol. The summed E-state index contributed by atoms with van der Waals surface area (Å²) in [6.07, 6.45) is 57.8. The number of carbonyl (C=O) groups excluding carboxylic acids is 6. The van der Waals surface area contributed by atoms with E-state index >= 15 is 0 Å². The van der Waals surface area contributed by atoms with Crippen molar-refractivity contribution in [3.8, 4) is 0 Å². The first-order chi connectivity index (χ1) is 38.6. The average molecular weight is 1220 g/mol. The fourth-order valence-electron chi connectivity index (χ4n) is 9.51. The molecule has 0 aromatic heterocycles. The van der Waals surface area contributed by atoms with Gasteiger partial charge in [-0.15, -0.1) is 0 Å². The molecule has 0 saturated heterocycles. The van der Waals surface area contributed by atoms with E-state index in [0.29, 0.717) is 32.1 Å². The Morgan fingerprint density at radius 1 is 0.228 bits per heavy atom. The van der Waals surface area contributed by atoms with Gasteiger partial charge in [-0.25, -0.2) is 0 Å². The third-order valence-corrected chi connectivity index (χ3v) is 21.5. The standard InChI is InChI=1S/3C18H32O4.C12H25.Sn/c3*1-2-3-4-5-6-7-8-9-10-11-12-13-16-22-18(21)15-14-17(19)20;1-3-5-7-9-11-12-10-8-6-4-2;/h3*14-15H,2-13,16H2,1H3,(H,19,20);1,3-12H2,2H3;/q;;;;+3/p-3. The quantitative estimate of drug-likeness (QED) is 0.0187. The number of ether oxygens (including phenoxy) is 3. The molecule has 0 aliphatic heterocycles. The SMILES string of the molecule is CCCCCCCCCCCCCCOC(=O)C=CC(=O)[O][Sn]([CH2]CCCCCCCCCCC)([O]C(=O)C=CC(=O)OCCCCCCCCCCCCCC)[O]C(=O)C=CC(=O)OCCCCCCCCCCCCCC. The van der Waals surface area contributed by atoms with Crippen LogP contribution in [0.4, 0.5) is 0 Å². The van der Waals surface area contributed by atoms with Crippen LogP contribution < -0.4 is 0 Å². The van der Waals surface area contributed by atoms with E-state index in [0.717, 1.165) is 120 Å².